The second-order valence-electron chi connectivity index (χ2n) is 10.6. The summed E-state index contributed by atoms with van der Waals surface area (Å²) in [5.41, 5.74) is 6.32. The van der Waals surface area contributed by atoms with Crippen LogP contribution in [0.1, 0.15) is 78.1 Å². The second kappa shape index (κ2) is 7.97. The smallest absolute Gasteiger partial charge is 0.118 e. The van der Waals surface area contributed by atoms with E-state index in [1.807, 2.05) is 0 Å². The van der Waals surface area contributed by atoms with E-state index in [1.54, 1.807) is 6.21 Å². The Bertz CT molecular complexity index is 665. The number of aliphatic hydroxyl groups is 2. The number of aliphatic hydroxyl groups excluding tert-OH is 1. The third kappa shape index (κ3) is 3.37. The van der Waals surface area contributed by atoms with Crippen LogP contribution in [-0.4, -0.2) is 41.3 Å². The van der Waals surface area contributed by atoms with Crippen molar-refractivity contribution in [3.05, 3.63) is 11.6 Å². The molecule has 4 rings (SSSR count). The molecular formula is C24H40N2O3. The first-order valence-electron chi connectivity index (χ1n) is 11.8. The summed E-state index contributed by atoms with van der Waals surface area (Å²) in [5, 5.41) is 26.3. The lowest BCUT2D eigenvalue weighted by Gasteiger charge is -2.63. The Kier molecular flexibility index (Phi) is 5.86. The number of nitrogens with two attached hydrogens (primary N) is 1. The maximum atomic E-state index is 12.1. The summed E-state index contributed by atoms with van der Waals surface area (Å²) >= 11 is 0. The lowest BCUT2D eigenvalue weighted by atomic mass is 9.43. The van der Waals surface area contributed by atoms with E-state index >= 15 is 0 Å². The number of hydrogen-bond donors (Lipinski definition) is 3. The normalized spacial score (nSPS) is 48.4. The SMILES string of the molecule is C[C@]12CC[C@H](O)C[C@H]1CC[C@@H]1[C@@H]2CC[C@]2(C)/C(=C/C=N\OCCCN)CC[C@]12O. The summed E-state index contributed by atoms with van der Waals surface area (Å²) in [4.78, 5) is 5.26. The number of hydrogen-bond acceptors (Lipinski definition) is 5. The Morgan fingerprint density at radius 3 is 2.76 bits per heavy atom. The van der Waals surface area contributed by atoms with Gasteiger partial charge in [-0.15, -0.1) is 0 Å². The van der Waals surface area contributed by atoms with Crippen LogP contribution in [0.5, 0.6) is 0 Å². The van der Waals surface area contributed by atoms with Crippen molar-refractivity contribution in [2.45, 2.75) is 89.8 Å². The van der Waals surface area contributed by atoms with Gasteiger partial charge in [0.1, 0.15) is 6.61 Å². The van der Waals surface area contributed by atoms with E-state index in [4.69, 9.17) is 10.6 Å². The number of allylic oxidation sites excluding steroid dienone is 1. The van der Waals surface area contributed by atoms with E-state index in [-0.39, 0.29) is 16.9 Å². The molecule has 0 unspecified atom stereocenters. The minimum atomic E-state index is -0.611. The van der Waals surface area contributed by atoms with Crippen molar-refractivity contribution in [2.24, 2.45) is 39.5 Å². The highest BCUT2D eigenvalue weighted by Gasteiger charge is 2.65. The largest absolute Gasteiger partial charge is 0.396 e. The van der Waals surface area contributed by atoms with E-state index in [9.17, 15) is 10.2 Å². The molecule has 0 aromatic heterocycles. The van der Waals surface area contributed by atoms with Gasteiger partial charge in [0.25, 0.3) is 0 Å². The van der Waals surface area contributed by atoms with Gasteiger partial charge in [0.2, 0.25) is 0 Å². The molecule has 4 N–H and O–H groups in total. The molecule has 0 radical (unpaired) electrons. The second-order valence-corrected chi connectivity index (χ2v) is 10.6. The van der Waals surface area contributed by atoms with Crippen molar-refractivity contribution < 1.29 is 15.1 Å². The minimum absolute atomic E-state index is 0.117. The molecule has 4 fully saturated rings. The van der Waals surface area contributed by atoms with Crippen LogP contribution in [0.4, 0.5) is 0 Å². The van der Waals surface area contributed by atoms with Crippen LogP contribution in [0, 0.1) is 28.6 Å². The zero-order valence-electron chi connectivity index (χ0n) is 18.3. The van der Waals surface area contributed by atoms with E-state index < -0.39 is 5.60 Å². The molecule has 4 aliphatic rings. The monoisotopic (exact) mass is 404 g/mol. The van der Waals surface area contributed by atoms with Crippen molar-refractivity contribution in [3.8, 4) is 0 Å². The summed E-state index contributed by atoms with van der Waals surface area (Å²) in [6, 6.07) is 0. The Morgan fingerprint density at radius 1 is 1.14 bits per heavy atom. The fourth-order valence-electron chi connectivity index (χ4n) is 7.68. The van der Waals surface area contributed by atoms with E-state index in [1.165, 1.54) is 12.0 Å². The molecule has 29 heavy (non-hydrogen) atoms. The molecule has 7 atom stereocenters. The summed E-state index contributed by atoms with van der Waals surface area (Å²) in [5.74, 6) is 1.58. The predicted molar refractivity (Wildman–Crippen MR) is 115 cm³/mol. The molecule has 4 aliphatic carbocycles. The highest BCUT2D eigenvalue weighted by molar-refractivity contribution is 5.72. The number of rotatable bonds is 5. The zero-order chi connectivity index (χ0) is 20.7. The zero-order valence-corrected chi connectivity index (χ0v) is 18.3. The highest BCUT2D eigenvalue weighted by atomic mass is 16.6. The lowest BCUT2D eigenvalue weighted by molar-refractivity contribution is -0.195. The van der Waals surface area contributed by atoms with Crippen molar-refractivity contribution >= 4 is 6.21 Å². The molecular weight excluding hydrogens is 364 g/mol. The number of fused-ring (bicyclic) bond motifs is 5. The lowest BCUT2D eigenvalue weighted by Crippen LogP contribution is -2.61. The summed E-state index contributed by atoms with van der Waals surface area (Å²) in [6.45, 7) is 5.91. The van der Waals surface area contributed by atoms with Gasteiger partial charge < -0.3 is 20.8 Å². The summed E-state index contributed by atoms with van der Waals surface area (Å²) in [6.07, 6.45) is 13.8. The quantitative estimate of drug-likeness (QED) is 0.370. The molecule has 0 spiro atoms. The van der Waals surface area contributed by atoms with Gasteiger partial charge >= 0.3 is 0 Å². The summed E-state index contributed by atoms with van der Waals surface area (Å²) < 4.78 is 0. The maximum absolute atomic E-state index is 12.1. The third-order valence-corrected chi connectivity index (χ3v) is 9.52. The number of nitrogens with zero attached hydrogens (tertiary/aromatic N) is 1. The Morgan fingerprint density at radius 2 is 1.97 bits per heavy atom. The van der Waals surface area contributed by atoms with Gasteiger partial charge in [-0.25, -0.2) is 0 Å². The first-order valence-corrected chi connectivity index (χ1v) is 11.8. The number of oxime groups is 1. The van der Waals surface area contributed by atoms with Gasteiger partial charge in [0.05, 0.1) is 17.9 Å². The Labute approximate surface area is 175 Å². The molecule has 0 heterocycles. The van der Waals surface area contributed by atoms with Gasteiger partial charge in [-0.2, -0.15) is 0 Å². The van der Waals surface area contributed by atoms with Crippen LogP contribution in [0.3, 0.4) is 0 Å². The Balaban J connectivity index is 1.52. The molecule has 164 valence electrons. The van der Waals surface area contributed by atoms with Crippen LogP contribution < -0.4 is 5.73 Å². The summed E-state index contributed by atoms with van der Waals surface area (Å²) in [7, 11) is 0. The van der Waals surface area contributed by atoms with Gasteiger partial charge in [-0.05, 0) is 100.0 Å². The highest BCUT2D eigenvalue weighted by Crippen LogP contribution is 2.68. The van der Waals surface area contributed by atoms with Crippen LogP contribution in [0.25, 0.3) is 0 Å². The fourth-order valence-corrected chi connectivity index (χ4v) is 7.68. The van der Waals surface area contributed by atoms with Gasteiger partial charge in [0.15, 0.2) is 0 Å². The third-order valence-electron chi connectivity index (χ3n) is 9.52. The fraction of sp³-hybridized carbons (Fsp3) is 0.875. The molecule has 0 aliphatic heterocycles. The molecule has 0 aromatic carbocycles. The molecule has 5 nitrogen and oxygen atoms in total. The van der Waals surface area contributed by atoms with E-state index in [2.05, 4.69) is 25.1 Å². The van der Waals surface area contributed by atoms with Gasteiger partial charge in [-0.3, -0.25) is 0 Å². The molecule has 0 aromatic rings. The molecule has 0 amide bonds. The van der Waals surface area contributed by atoms with Crippen LogP contribution >= 0.6 is 0 Å². The maximum Gasteiger partial charge on any atom is 0.118 e. The van der Waals surface area contributed by atoms with Crippen LogP contribution in [0.15, 0.2) is 16.8 Å². The van der Waals surface area contributed by atoms with Crippen molar-refractivity contribution in [1.29, 1.82) is 0 Å². The topological polar surface area (TPSA) is 88.1 Å². The average molecular weight is 405 g/mol. The van der Waals surface area contributed by atoms with Crippen LogP contribution in [0.2, 0.25) is 0 Å². The standard InChI is InChI=1S/C24H40N2O3/c1-22-10-7-19(27)16-18(22)4-5-21-20(22)8-11-23(2)17(6-12-24(21,23)28)9-14-26-29-15-3-13-25/h9,14,18-21,27-28H,3-8,10-13,15-16,25H2,1-2H3/b17-9+,26-14-/t18-,19+,20+,21-,22+,23-,24+/m1/s1. The molecule has 5 heteroatoms. The molecule has 0 bridgehead atoms. The predicted octanol–water partition coefficient (Wildman–Crippen LogP) is 3.78. The van der Waals surface area contributed by atoms with Gasteiger partial charge in [-0.1, -0.05) is 24.6 Å². The van der Waals surface area contributed by atoms with Crippen molar-refractivity contribution in [3.63, 3.8) is 0 Å². The molecule has 4 saturated carbocycles. The van der Waals surface area contributed by atoms with Gasteiger partial charge in [0, 0.05) is 5.41 Å². The first kappa shape index (κ1) is 21.3. The van der Waals surface area contributed by atoms with Crippen LogP contribution in [-0.2, 0) is 4.84 Å². The molecule has 0 saturated heterocycles. The van der Waals surface area contributed by atoms with Crippen molar-refractivity contribution in [1.82, 2.24) is 0 Å². The van der Waals surface area contributed by atoms with Crippen molar-refractivity contribution in [2.75, 3.05) is 13.2 Å². The minimum Gasteiger partial charge on any atom is -0.396 e. The first-order chi connectivity index (χ1) is 13.8. The van der Waals surface area contributed by atoms with E-state index in [0.717, 1.165) is 57.8 Å². The average Bonchev–Trinajstić information content (AvgIpc) is 2.96. The van der Waals surface area contributed by atoms with E-state index in [0.29, 0.717) is 30.9 Å². The Hall–Kier alpha value is -0.910.